The molecule has 0 spiro atoms. The molecule has 0 aliphatic rings. The van der Waals surface area contributed by atoms with Crippen LogP contribution < -0.4 is 10.6 Å². The maximum absolute atomic E-state index is 11.7. The number of amides is 1. The third kappa shape index (κ3) is 4.08. The number of hydrogen-bond acceptors (Lipinski definition) is 4. The first kappa shape index (κ1) is 14.6. The molecule has 0 saturated heterocycles. The number of benzene rings is 1. The lowest BCUT2D eigenvalue weighted by Gasteiger charge is -2.17. The fourth-order valence-corrected chi connectivity index (χ4v) is 2.09. The van der Waals surface area contributed by atoms with Gasteiger partial charge in [-0.2, -0.15) is 0 Å². The van der Waals surface area contributed by atoms with Crippen molar-refractivity contribution < 1.29 is 13.2 Å². The molecule has 98 valence electrons. The lowest BCUT2D eigenvalue weighted by Crippen LogP contribution is -2.32. The van der Waals surface area contributed by atoms with E-state index in [1.54, 1.807) is 24.3 Å². The third-order valence-corrected chi connectivity index (χ3v) is 3.31. The number of anilines is 1. The minimum absolute atomic E-state index is 0.270. The molecule has 1 aromatic rings. The van der Waals surface area contributed by atoms with Crippen LogP contribution in [0.15, 0.2) is 24.3 Å². The maximum atomic E-state index is 11.7. The molecule has 0 fully saturated rings. The lowest BCUT2D eigenvalue weighted by molar-refractivity contribution is -0.115. The first-order valence-electron chi connectivity index (χ1n) is 5.05. The Morgan fingerprint density at radius 3 is 2.22 bits per heavy atom. The van der Waals surface area contributed by atoms with E-state index in [0.29, 0.717) is 11.3 Å². The summed E-state index contributed by atoms with van der Waals surface area (Å²) < 4.78 is 22.1. The molecule has 0 aliphatic heterocycles. The topological polar surface area (TPSA) is 80.5 Å². The fraction of sp³-hybridized carbons (Fsp3) is 0.273. The van der Waals surface area contributed by atoms with Gasteiger partial charge in [0.25, 0.3) is 0 Å². The zero-order chi connectivity index (χ0) is 13.9. The van der Waals surface area contributed by atoms with Gasteiger partial charge in [-0.1, -0.05) is 12.2 Å². The number of thiocarbonyl (C=S) groups is 1. The number of hydrogen-bond donors (Lipinski definition) is 1. The highest BCUT2D eigenvalue weighted by Crippen LogP contribution is 2.14. The van der Waals surface area contributed by atoms with Gasteiger partial charge in [-0.25, -0.2) is 8.42 Å². The molecule has 0 aliphatic carbocycles. The van der Waals surface area contributed by atoms with Crippen molar-refractivity contribution in [2.45, 2.75) is 0 Å². The van der Waals surface area contributed by atoms with Gasteiger partial charge in [-0.3, -0.25) is 4.79 Å². The Bertz CT molecular complexity index is 564. The SMILES string of the molecule is CN(C(=O)CS(C)(=O)=O)c1ccc(C(N)=S)cc1. The van der Waals surface area contributed by atoms with Gasteiger partial charge in [0.15, 0.2) is 9.84 Å². The first-order valence-corrected chi connectivity index (χ1v) is 7.52. The van der Waals surface area contributed by atoms with Gasteiger partial charge < -0.3 is 10.6 Å². The zero-order valence-electron chi connectivity index (χ0n) is 10.1. The van der Waals surface area contributed by atoms with Crippen LogP contribution in [-0.2, 0) is 14.6 Å². The number of sulfone groups is 1. The molecule has 5 nitrogen and oxygen atoms in total. The summed E-state index contributed by atoms with van der Waals surface area (Å²) in [5.74, 6) is -0.999. The molecule has 1 aromatic carbocycles. The van der Waals surface area contributed by atoms with Crippen LogP contribution in [0.4, 0.5) is 5.69 Å². The van der Waals surface area contributed by atoms with Gasteiger partial charge in [0.2, 0.25) is 5.91 Å². The molecule has 1 rings (SSSR count). The smallest absolute Gasteiger partial charge is 0.241 e. The van der Waals surface area contributed by atoms with E-state index >= 15 is 0 Å². The predicted octanol–water partition coefficient (Wildman–Crippen LogP) is 0.328. The second kappa shape index (κ2) is 5.45. The Kier molecular flexibility index (Phi) is 4.42. The van der Waals surface area contributed by atoms with Crippen LogP contribution in [-0.4, -0.2) is 38.4 Å². The van der Waals surface area contributed by atoms with E-state index in [9.17, 15) is 13.2 Å². The highest BCUT2D eigenvalue weighted by atomic mass is 32.2. The summed E-state index contributed by atoms with van der Waals surface area (Å²) in [6.07, 6.45) is 1.02. The van der Waals surface area contributed by atoms with Gasteiger partial charge in [-0.05, 0) is 24.3 Å². The maximum Gasteiger partial charge on any atom is 0.241 e. The average molecular weight is 286 g/mol. The predicted molar refractivity (Wildman–Crippen MR) is 75.5 cm³/mol. The summed E-state index contributed by atoms with van der Waals surface area (Å²) >= 11 is 4.81. The van der Waals surface area contributed by atoms with Crippen molar-refractivity contribution in [1.82, 2.24) is 0 Å². The van der Waals surface area contributed by atoms with Crippen molar-refractivity contribution in [3.63, 3.8) is 0 Å². The standard InChI is InChI=1S/C11H14N2O3S2/c1-13(10(14)7-18(2,15)16)9-5-3-8(4-6-9)11(12)17/h3-6H,7H2,1-2H3,(H2,12,17). The summed E-state index contributed by atoms with van der Waals surface area (Å²) in [7, 11) is -1.81. The Morgan fingerprint density at radius 1 is 1.33 bits per heavy atom. The third-order valence-electron chi connectivity index (χ3n) is 2.30. The Labute approximate surface area is 112 Å². The van der Waals surface area contributed by atoms with Gasteiger partial charge in [-0.15, -0.1) is 0 Å². The van der Waals surface area contributed by atoms with Gasteiger partial charge >= 0.3 is 0 Å². The van der Waals surface area contributed by atoms with E-state index in [1.165, 1.54) is 11.9 Å². The molecule has 0 atom stereocenters. The van der Waals surface area contributed by atoms with Crippen molar-refractivity contribution in [2.75, 3.05) is 24.0 Å². The van der Waals surface area contributed by atoms with Gasteiger partial charge in [0.1, 0.15) is 10.7 Å². The normalized spacial score (nSPS) is 11.0. The monoisotopic (exact) mass is 286 g/mol. The van der Waals surface area contributed by atoms with E-state index in [2.05, 4.69) is 0 Å². The first-order chi connectivity index (χ1) is 8.20. The number of carbonyl (C=O) groups excluding carboxylic acids is 1. The average Bonchev–Trinajstić information content (AvgIpc) is 2.26. The van der Waals surface area contributed by atoms with Gasteiger partial charge in [0, 0.05) is 24.6 Å². The molecule has 18 heavy (non-hydrogen) atoms. The number of nitrogens with two attached hydrogens (primary N) is 1. The summed E-state index contributed by atoms with van der Waals surface area (Å²) in [5, 5.41) is 0. The molecule has 0 aromatic heterocycles. The summed E-state index contributed by atoms with van der Waals surface area (Å²) in [6, 6.07) is 6.69. The van der Waals surface area contributed by atoms with Crippen molar-refractivity contribution in [3.05, 3.63) is 29.8 Å². The van der Waals surface area contributed by atoms with E-state index in [1.807, 2.05) is 0 Å². The quantitative estimate of drug-likeness (QED) is 0.807. The van der Waals surface area contributed by atoms with E-state index in [0.717, 1.165) is 6.26 Å². The highest BCUT2D eigenvalue weighted by Gasteiger charge is 2.16. The molecule has 7 heteroatoms. The van der Waals surface area contributed by atoms with Crippen LogP contribution in [0.2, 0.25) is 0 Å². The van der Waals surface area contributed by atoms with Crippen molar-refractivity contribution in [3.8, 4) is 0 Å². The van der Waals surface area contributed by atoms with Crippen LogP contribution in [0.3, 0.4) is 0 Å². The zero-order valence-corrected chi connectivity index (χ0v) is 11.7. The van der Waals surface area contributed by atoms with Crippen LogP contribution in [0.5, 0.6) is 0 Å². The summed E-state index contributed by atoms with van der Waals surface area (Å²) in [4.78, 5) is 13.2. The Balaban J connectivity index is 2.87. The van der Waals surface area contributed by atoms with Gasteiger partial charge in [0.05, 0.1) is 0 Å². The minimum atomic E-state index is -3.33. The molecule has 0 bridgehead atoms. The molecule has 0 unspecified atom stereocenters. The number of nitrogens with zero attached hydrogens (tertiary/aromatic N) is 1. The van der Waals surface area contributed by atoms with Crippen molar-refractivity contribution in [2.24, 2.45) is 5.73 Å². The van der Waals surface area contributed by atoms with Crippen LogP contribution in [0.25, 0.3) is 0 Å². The summed E-state index contributed by atoms with van der Waals surface area (Å²) in [6.45, 7) is 0. The molecular formula is C11H14N2O3S2. The second-order valence-electron chi connectivity index (χ2n) is 3.93. The van der Waals surface area contributed by atoms with Crippen LogP contribution in [0, 0.1) is 0 Å². The molecule has 0 radical (unpaired) electrons. The van der Waals surface area contributed by atoms with Crippen molar-refractivity contribution in [1.29, 1.82) is 0 Å². The molecule has 2 N–H and O–H groups in total. The summed E-state index contributed by atoms with van der Waals surface area (Å²) in [5.41, 5.74) is 6.73. The minimum Gasteiger partial charge on any atom is -0.389 e. The molecule has 0 saturated carbocycles. The second-order valence-corrected chi connectivity index (χ2v) is 6.51. The Hall–Kier alpha value is -1.47. The van der Waals surface area contributed by atoms with E-state index in [4.69, 9.17) is 18.0 Å². The number of rotatable bonds is 4. The fourth-order valence-electron chi connectivity index (χ4n) is 1.31. The van der Waals surface area contributed by atoms with E-state index < -0.39 is 21.5 Å². The lowest BCUT2D eigenvalue weighted by atomic mass is 10.2. The van der Waals surface area contributed by atoms with Crippen LogP contribution >= 0.6 is 12.2 Å². The van der Waals surface area contributed by atoms with E-state index in [-0.39, 0.29) is 4.99 Å². The molecule has 1 amide bonds. The molecular weight excluding hydrogens is 272 g/mol. The molecule has 0 heterocycles. The highest BCUT2D eigenvalue weighted by molar-refractivity contribution is 7.91. The Morgan fingerprint density at radius 2 is 1.83 bits per heavy atom. The van der Waals surface area contributed by atoms with Crippen molar-refractivity contribution >= 4 is 38.6 Å². The van der Waals surface area contributed by atoms with Crippen LogP contribution in [0.1, 0.15) is 5.56 Å². The number of carbonyl (C=O) groups is 1. The largest absolute Gasteiger partial charge is 0.389 e.